The molecule has 2 heterocycles. The Kier molecular flexibility index (Phi) is 2.95. The van der Waals surface area contributed by atoms with Gasteiger partial charge in [0.1, 0.15) is 12.4 Å². The van der Waals surface area contributed by atoms with Gasteiger partial charge in [0.05, 0.1) is 0 Å². The zero-order valence-electron chi connectivity index (χ0n) is 10.6. The minimum atomic E-state index is 0.0512. The van der Waals surface area contributed by atoms with E-state index in [9.17, 15) is 4.79 Å². The third-order valence-corrected chi connectivity index (χ3v) is 3.37. The first-order valence-electron chi connectivity index (χ1n) is 6.41. The largest absolute Gasteiger partial charge is 0.382 e. The first-order chi connectivity index (χ1) is 9.24. The number of nitrogens with zero attached hydrogens (tertiary/aromatic N) is 3. The standard InChI is InChI=1S/C14H16N4O/c15-13-7-9-17(16-13)10-14(19)18-8-3-5-11-4-1-2-6-12(11)18/h1-2,4,6-7,9H,3,5,8,10H2,(H2,15,16). The average molecular weight is 256 g/mol. The maximum absolute atomic E-state index is 12.4. The summed E-state index contributed by atoms with van der Waals surface area (Å²) in [6.45, 7) is 0.998. The van der Waals surface area contributed by atoms with E-state index in [1.807, 2.05) is 23.1 Å². The second-order valence-corrected chi connectivity index (χ2v) is 4.72. The Balaban J connectivity index is 1.81. The van der Waals surface area contributed by atoms with Gasteiger partial charge in [0, 0.05) is 18.4 Å². The summed E-state index contributed by atoms with van der Waals surface area (Å²) in [5, 5.41) is 4.05. The van der Waals surface area contributed by atoms with Gasteiger partial charge in [-0.15, -0.1) is 0 Å². The van der Waals surface area contributed by atoms with Gasteiger partial charge in [-0.1, -0.05) is 18.2 Å². The van der Waals surface area contributed by atoms with Gasteiger partial charge >= 0.3 is 0 Å². The van der Waals surface area contributed by atoms with Crippen LogP contribution in [0.3, 0.4) is 0 Å². The summed E-state index contributed by atoms with van der Waals surface area (Å²) in [6.07, 6.45) is 3.77. The highest BCUT2D eigenvalue weighted by Crippen LogP contribution is 2.26. The number of fused-ring (bicyclic) bond motifs is 1. The molecule has 1 amide bonds. The van der Waals surface area contributed by atoms with Crippen molar-refractivity contribution in [2.45, 2.75) is 19.4 Å². The zero-order chi connectivity index (χ0) is 13.2. The SMILES string of the molecule is Nc1ccn(CC(=O)N2CCCc3ccccc32)n1. The number of aryl methyl sites for hydroxylation is 1. The van der Waals surface area contributed by atoms with Gasteiger partial charge in [-0.25, -0.2) is 0 Å². The maximum Gasteiger partial charge on any atom is 0.248 e. The lowest BCUT2D eigenvalue weighted by atomic mass is 10.0. The van der Waals surface area contributed by atoms with Gasteiger partial charge in [0.25, 0.3) is 0 Å². The lowest BCUT2D eigenvalue weighted by Crippen LogP contribution is -2.37. The predicted octanol–water partition coefficient (Wildman–Crippen LogP) is 1.44. The summed E-state index contributed by atoms with van der Waals surface area (Å²) >= 11 is 0. The molecule has 0 saturated carbocycles. The third kappa shape index (κ3) is 2.31. The molecule has 3 rings (SSSR count). The monoisotopic (exact) mass is 256 g/mol. The van der Waals surface area contributed by atoms with E-state index < -0.39 is 0 Å². The molecule has 1 aromatic carbocycles. The van der Waals surface area contributed by atoms with Crippen molar-refractivity contribution in [3.8, 4) is 0 Å². The molecule has 2 aromatic rings. The van der Waals surface area contributed by atoms with Crippen LogP contribution < -0.4 is 10.6 Å². The van der Waals surface area contributed by atoms with Gasteiger partial charge in [0.2, 0.25) is 5.91 Å². The van der Waals surface area contributed by atoms with Crippen LogP contribution in [0.25, 0.3) is 0 Å². The number of para-hydroxylation sites is 1. The number of nitrogen functional groups attached to an aromatic ring is 1. The Morgan fingerprint density at radius 2 is 2.16 bits per heavy atom. The molecule has 1 aliphatic heterocycles. The topological polar surface area (TPSA) is 64.2 Å². The van der Waals surface area contributed by atoms with Crippen molar-refractivity contribution in [2.24, 2.45) is 0 Å². The predicted molar refractivity (Wildman–Crippen MR) is 73.8 cm³/mol. The number of anilines is 2. The molecule has 2 N–H and O–H groups in total. The van der Waals surface area contributed by atoms with Crippen LogP contribution in [0.2, 0.25) is 0 Å². The van der Waals surface area contributed by atoms with Crippen molar-refractivity contribution in [1.29, 1.82) is 0 Å². The molecule has 98 valence electrons. The van der Waals surface area contributed by atoms with Crippen molar-refractivity contribution in [3.05, 3.63) is 42.1 Å². The number of rotatable bonds is 2. The van der Waals surface area contributed by atoms with E-state index >= 15 is 0 Å². The number of carbonyl (C=O) groups is 1. The van der Waals surface area contributed by atoms with Crippen LogP contribution in [0, 0.1) is 0 Å². The minimum Gasteiger partial charge on any atom is -0.382 e. The summed E-state index contributed by atoms with van der Waals surface area (Å²) in [4.78, 5) is 14.2. The van der Waals surface area contributed by atoms with Crippen molar-refractivity contribution >= 4 is 17.4 Å². The summed E-state index contributed by atoms with van der Waals surface area (Å²) in [6, 6.07) is 9.76. The number of nitrogens with two attached hydrogens (primary N) is 1. The molecule has 5 heteroatoms. The molecule has 0 aliphatic carbocycles. The van der Waals surface area contributed by atoms with E-state index in [1.165, 1.54) is 5.56 Å². The van der Waals surface area contributed by atoms with Crippen LogP contribution in [0.15, 0.2) is 36.5 Å². The number of carbonyl (C=O) groups excluding carboxylic acids is 1. The Morgan fingerprint density at radius 3 is 2.95 bits per heavy atom. The molecule has 0 unspecified atom stereocenters. The highest BCUT2D eigenvalue weighted by Gasteiger charge is 2.22. The molecule has 1 aliphatic rings. The Hall–Kier alpha value is -2.30. The van der Waals surface area contributed by atoms with Crippen molar-refractivity contribution in [3.63, 3.8) is 0 Å². The first kappa shape index (κ1) is 11.8. The van der Waals surface area contributed by atoms with Crippen molar-refractivity contribution in [1.82, 2.24) is 9.78 Å². The Morgan fingerprint density at radius 1 is 1.32 bits per heavy atom. The van der Waals surface area contributed by atoms with Crippen LogP contribution >= 0.6 is 0 Å². The van der Waals surface area contributed by atoms with E-state index in [4.69, 9.17) is 5.73 Å². The van der Waals surface area contributed by atoms with E-state index in [1.54, 1.807) is 16.9 Å². The highest BCUT2D eigenvalue weighted by molar-refractivity contribution is 5.94. The summed E-state index contributed by atoms with van der Waals surface area (Å²) in [5.41, 5.74) is 7.82. The average Bonchev–Trinajstić information content (AvgIpc) is 2.83. The number of aromatic nitrogens is 2. The van der Waals surface area contributed by atoms with E-state index in [-0.39, 0.29) is 12.5 Å². The van der Waals surface area contributed by atoms with Gasteiger partial charge in [-0.05, 0) is 30.5 Å². The van der Waals surface area contributed by atoms with Gasteiger partial charge in [-0.2, -0.15) is 5.10 Å². The second-order valence-electron chi connectivity index (χ2n) is 4.72. The molecule has 0 radical (unpaired) electrons. The molecule has 5 nitrogen and oxygen atoms in total. The molecule has 0 atom stereocenters. The molecule has 0 fully saturated rings. The van der Waals surface area contributed by atoms with Gasteiger partial charge < -0.3 is 10.6 Å². The van der Waals surface area contributed by atoms with Crippen molar-refractivity contribution in [2.75, 3.05) is 17.2 Å². The molecule has 19 heavy (non-hydrogen) atoms. The normalized spacial score (nSPS) is 14.2. The quantitative estimate of drug-likeness (QED) is 0.884. The van der Waals surface area contributed by atoms with Gasteiger partial charge in [-0.3, -0.25) is 9.48 Å². The molecule has 0 saturated heterocycles. The molecular formula is C14H16N4O. The number of hydrogen-bond acceptors (Lipinski definition) is 3. The highest BCUT2D eigenvalue weighted by atomic mass is 16.2. The van der Waals surface area contributed by atoms with E-state index in [0.29, 0.717) is 5.82 Å². The molecule has 1 aromatic heterocycles. The van der Waals surface area contributed by atoms with Crippen LogP contribution in [0.1, 0.15) is 12.0 Å². The van der Waals surface area contributed by atoms with Crippen LogP contribution in [0.4, 0.5) is 11.5 Å². The van der Waals surface area contributed by atoms with E-state index in [2.05, 4.69) is 11.2 Å². The fourth-order valence-electron chi connectivity index (χ4n) is 2.48. The Bertz CT molecular complexity index is 605. The summed E-state index contributed by atoms with van der Waals surface area (Å²) < 4.78 is 1.58. The number of amides is 1. The van der Waals surface area contributed by atoms with Crippen LogP contribution in [-0.2, 0) is 17.8 Å². The summed E-state index contributed by atoms with van der Waals surface area (Å²) in [7, 11) is 0. The number of hydrogen-bond donors (Lipinski definition) is 1. The maximum atomic E-state index is 12.4. The fourth-order valence-corrected chi connectivity index (χ4v) is 2.48. The van der Waals surface area contributed by atoms with Crippen molar-refractivity contribution < 1.29 is 4.79 Å². The molecular weight excluding hydrogens is 240 g/mol. The smallest absolute Gasteiger partial charge is 0.248 e. The fraction of sp³-hybridized carbons (Fsp3) is 0.286. The molecule has 0 spiro atoms. The van der Waals surface area contributed by atoms with Crippen LogP contribution in [0.5, 0.6) is 0 Å². The van der Waals surface area contributed by atoms with E-state index in [0.717, 1.165) is 25.1 Å². The third-order valence-electron chi connectivity index (χ3n) is 3.37. The lowest BCUT2D eigenvalue weighted by Gasteiger charge is -2.29. The zero-order valence-corrected chi connectivity index (χ0v) is 10.6. The first-order valence-corrected chi connectivity index (χ1v) is 6.41. The molecule has 0 bridgehead atoms. The summed E-state index contributed by atoms with van der Waals surface area (Å²) in [5.74, 6) is 0.488. The minimum absolute atomic E-state index is 0.0512. The van der Waals surface area contributed by atoms with Crippen LogP contribution in [-0.4, -0.2) is 22.2 Å². The Labute approximate surface area is 111 Å². The lowest BCUT2D eigenvalue weighted by molar-refractivity contribution is -0.119. The second kappa shape index (κ2) is 4.76. The van der Waals surface area contributed by atoms with Gasteiger partial charge in [0.15, 0.2) is 0 Å². The number of benzene rings is 1.